The van der Waals surface area contributed by atoms with Crippen molar-refractivity contribution in [1.29, 1.82) is 0 Å². The van der Waals surface area contributed by atoms with E-state index in [1.54, 1.807) is 25.3 Å². The standard InChI is InChI=1S/C21H18N4O4/c1-27-18-5-3-2-4-16(18)17-12-20(23-13-22-17)24-14-6-8-15(9-7-14)25-21(26)19-10-11-28-29-19/h2-10,12-13H,11H2,1H3,(H,25,26)(H,22,23,24). The molecule has 1 amide bonds. The normalized spacial score (nSPS) is 12.7. The van der Waals surface area contributed by atoms with Gasteiger partial charge in [0.2, 0.25) is 5.76 Å². The highest BCUT2D eigenvalue weighted by molar-refractivity contribution is 6.02. The van der Waals surface area contributed by atoms with Crippen molar-refractivity contribution >= 4 is 23.1 Å². The third-order valence-electron chi connectivity index (χ3n) is 4.17. The van der Waals surface area contributed by atoms with Crippen molar-refractivity contribution in [2.45, 2.75) is 0 Å². The van der Waals surface area contributed by atoms with Crippen molar-refractivity contribution in [2.75, 3.05) is 24.4 Å². The Kier molecular flexibility index (Phi) is 5.35. The summed E-state index contributed by atoms with van der Waals surface area (Å²) in [5.74, 6) is 1.17. The first-order valence-electron chi connectivity index (χ1n) is 8.86. The van der Waals surface area contributed by atoms with Gasteiger partial charge in [0.05, 0.1) is 12.8 Å². The molecule has 8 heteroatoms. The summed E-state index contributed by atoms with van der Waals surface area (Å²) < 4.78 is 5.40. The molecule has 0 bridgehead atoms. The van der Waals surface area contributed by atoms with Gasteiger partial charge in [-0.05, 0) is 42.5 Å². The summed E-state index contributed by atoms with van der Waals surface area (Å²) in [5, 5.41) is 5.97. The number of ether oxygens (including phenoxy) is 1. The Hall–Kier alpha value is -3.91. The Balaban J connectivity index is 1.46. The van der Waals surface area contributed by atoms with Crippen LogP contribution in [-0.2, 0) is 14.6 Å². The van der Waals surface area contributed by atoms with Gasteiger partial charge in [0, 0.05) is 23.0 Å². The number of nitrogens with one attached hydrogen (secondary N) is 2. The first-order valence-corrected chi connectivity index (χ1v) is 8.86. The number of benzene rings is 2. The van der Waals surface area contributed by atoms with Crippen LogP contribution in [0.5, 0.6) is 5.75 Å². The number of hydrogen-bond donors (Lipinski definition) is 2. The van der Waals surface area contributed by atoms with E-state index in [-0.39, 0.29) is 18.3 Å². The molecule has 2 N–H and O–H groups in total. The molecule has 0 aliphatic carbocycles. The summed E-state index contributed by atoms with van der Waals surface area (Å²) in [4.78, 5) is 30.0. The van der Waals surface area contributed by atoms with E-state index in [1.807, 2.05) is 42.5 Å². The second kappa shape index (κ2) is 8.41. The van der Waals surface area contributed by atoms with E-state index in [0.717, 1.165) is 22.7 Å². The molecule has 1 aliphatic rings. The minimum atomic E-state index is -0.361. The molecule has 1 aromatic heterocycles. The average molecular weight is 390 g/mol. The maximum absolute atomic E-state index is 12.0. The van der Waals surface area contributed by atoms with Gasteiger partial charge >= 0.3 is 0 Å². The van der Waals surface area contributed by atoms with Crippen molar-refractivity contribution in [3.05, 3.63) is 72.8 Å². The molecule has 3 aromatic rings. The molecule has 0 fully saturated rings. The fraction of sp³-hybridized carbons (Fsp3) is 0.0952. The van der Waals surface area contributed by atoms with Gasteiger partial charge in [-0.15, -0.1) is 0 Å². The number of hydrogen-bond acceptors (Lipinski definition) is 7. The summed E-state index contributed by atoms with van der Waals surface area (Å²) in [6, 6.07) is 16.7. The van der Waals surface area contributed by atoms with E-state index < -0.39 is 0 Å². The Morgan fingerprint density at radius 1 is 1.07 bits per heavy atom. The molecule has 0 radical (unpaired) electrons. The Labute approximate surface area is 167 Å². The van der Waals surface area contributed by atoms with Gasteiger partial charge in [0.15, 0.2) is 0 Å². The summed E-state index contributed by atoms with van der Waals surface area (Å²) >= 11 is 0. The van der Waals surface area contributed by atoms with E-state index in [2.05, 4.69) is 25.5 Å². The Bertz CT molecular complexity index is 1050. The predicted molar refractivity (Wildman–Crippen MR) is 107 cm³/mol. The van der Waals surface area contributed by atoms with E-state index in [0.29, 0.717) is 11.5 Å². The van der Waals surface area contributed by atoms with Gasteiger partial charge in [-0.25, -0.2) is 9.97 Å². The summed E-state index contributed by atoms with van der Waals surface area (Å²) in [6.07, 6.45) is 3.07. The Morgan fingerprint density at radius 2 is 1.86 bits per heavy atom. The minimum Gasteiger partial charge on any atom is -0.496 e. The number of carbonyl (C=O) groups excluding carboxylic acids is 1. The van der Waals surface area contributed by atoms with Crippen molar-refractivity contribution in [3.63, 3.8) is 0 Å². The summed E-state index contributed by atoms with van der Waals surface area (Å²) in [6.45, 7) is 0.265. The van der Waals surface area contributed by atoms with Crippen molar-refractivity contribution in [2.24, 2.45) is 0 Å². The van der Waals surface area contributed by atoms with Crippen LogP contribution in [0, 0.1) is 0 Å². The van der Waals surface area contributed by atoms with Crippen LogP contribution in [0.15, 0.2) is 72.8 Å². The number of aromatic nitrogens is 2. The third-order valence-corrected chi connectivity index (χ3v) is 4.17. The quantitative estimate of drug-likeness (QED) is 0.620. The molecule has 8 nitrogen and oxygen atoms in total. The molecule has 0 saturated carbocycles. The lowest BCUT2D eigenvalue weighted by Gasteiger charge is -2.10. The smallest absolute Gasteiger partial charge is 0.294 e. The van der Waals surface area contributed by atoms with Gasteiger partial charge in [0.25, 0.3) is 5.91 Å². The van der Waals surface area contributed by atoms with Crippen molar-refractivity contribution in [1.82, 2.24) is 9.97 Å². The van der Waals surface area contributed by atoms with Crippen LogP contribution in [0.1, 0.15) is 0 Å². The maximum Gasteiger partial charge on any atom is 0.294 e. The zero-order valence-electron chi connectivity index (χ0n) is 15.6. The molecule has 0 spiro atoms. The second-order valence-corrected chi connectivity index (χ2v) is 6.08. The largest absolute Gasteiger partial charge is 0.496 e. The highest BCUT2D eigenvalue weighted by Crippen LogP contribution is 2.29. The lowest BCUT2D eigenvalue weighted by atomic mass is 10.1. The van der Waals surface area contributed by atoms with Gasteiger partial charge in [-0.3, -0.25) is 4.79 Å². The minimum absolute atomic E-state index is 0.150. The number of methoxy groups -OCH3 is 1. The molecule has 1 aliphatic heterocycles. The summed E-state index contributed by atoms with van der Waals surface area (Å²) in [5.41, 5.74) is 3.07. The zero-order valence-corrected chi connectivity index (χ0v) is 15.6. The van der Waals surface area contributed by atoms with Crippen LogP contribution in [0.4, 0.5) is 17.2 Å². The lowest BCUT2D eigenvalue weighted by Crippen LogP contribution is -2.14. The molecule has 2 heterocycles. The molecule has 0 saturated heterocycles. The number of nitrogens with zero attached hydrogens (tertiary/aromatic N) is 2. The fourth-order valence-electron chi connectivity index (χ4n) is 2.78. The van der Waals surface area contributed by atoms with Crippen LogP contribution in [0.2, 0.25) is 0 Å². The first kappa shape index (κ1) is 18.5. The van der Waals surface area contributed by atoms with Crippen LogP contribution < -0.4 is 15.4 Å². The number of para-hydroxylation sites is 1. The fourth-order valence-corrected chi connectivity index (χ4v) is 2.78. The first-order chi connectivity index (χ1) is 14.2. The predicted octanol–water partition coefficient (Wildman–Crippen LogP) is 3.68. The molecule has 0 unspecified atom stereocenters. The molecule has 29 heavy (non-hydrogen) atoms. The molecule has 0 atom stereocenters. The van der Waals surface area contributed by atoms with Crippen molar-refractivity contribution in [3.8, 4) is 17.0 Å². The maximum atomic E-state index is 12.0. The van der Waals surface area contributed by atoms with E-state index >= 15 is 0 Å². The SMILES string of the molecule is COc1ccccc1-c1cc(Nc2ccc(NC(=O)C3=CCOO3)cc2)ncn1. The highest BCUT2D eigenvalue weighted by Gasteiger charge is 2.16. The van der Waals surface area contributed by atoms with Crippen LogP contribution >= 0.6 is 0 Å². The van der Waals surface area contributed by atoms with Gasteiger partial charge in [-0.2, -0.15) is 4.89 Å². The number of rotatable bonds is 6. The van der Waals surface area contributed by atoms with E-state index in [9.17, 15) is 4.79 Å². The molecular formula is C21H18N4O4. The topological polar surface area (TPSA) is 94.6 Å². The number of carbonyl (C=O) groups is 1. The highest BCUT2D eigenvalue weighted by atomic mass is 17.2. The van der Waals surface area contributed by atoms with E-state index in [4.69, 9.17) is 9.62 Å². The third kappa shape index (κ3) is 4.33. The van der Waals surface area contributed by atoms with Gasteiger partial charge in [-0.1, -0.05) is 12.1 Å². The zero-order chi connectivity index (χ0) is 20.1. The monoisotopic (exact) mass is 390 g/mol. The molecular weight excluding hydrogens is 372 g/mol. The Morgan fingerprint density at radius 3 is 2.62 bits per heavy atom. The van der Waals surface area contributed by atoms with Gasteiger partial charge < -0.3 is 20.3 Å². The summed E-state index contributed by atoms with van der Waals surface area (Å²) in [7, 11) is 1.63. The molecule has 4 rings (SSSR count). The average Bonchev–Trinajstić information content (AvgIpc) is 3.30. The van der Waals surface area contributed by atoms with E-state index in [1.165, 1.54) is 6.33 Å². The van der Waals surface area contributed by atoms with Crippen LogP contribution in [-0.4, -0.2) is 29.6 Å². The number of amides is 1. The van der Waals surface area contributed by atoms with Crippen LogP contribution in [0.25, 0.3) is 11.3 Å². The molecule has 2 aromatic carbocycles. The van der Waals surface area contributed by atoms with Gasteiger partial charge in [0.1, 0.15) is 24.5 Å². The second-order valence-electron chi connectivity index (χ2n) is 6.08. The molecule has 146 valence electrons. The van der Waals surface area contributed by atoms with Crippen molar-refractivity contribution < 1.29 is 19.3 Å². The lowest BCUT2D eigenvalue weighted by molar-refractivity contribution is -0.233. The van der Waals surface area contributed by atoms with Crippen LogP contribution in [0.3, 0.4) is 0 Å². The number of anilines is 3.